The molecule has 1 atom stereocenters. The molecule has 1 rings (SSSR count). The van der Waals surface area contributed by atoms with Crippen molar-refractivity contribution in [2.24, 2.45) is 0 Å². The summed E-state index contributed by atoms with van der Waals surface area (Å²) < 4.78 is 0. The van der Waals surface area contributed by atoms with Crippen molar-refractivity contribution in [3.63, 3.8) is 0 Å². The molecule has 1 aliphatic carbocycles. The van der Waals surface area contributed by atoms with Crippen LogP contribution in [0.4, 0.5) is 0 Å². The van der Waals surface area contributed by atoms with Gasteiger partial charge in [0, 0.05) is 11.2 Å². The van der Waals surface area contributed by atoms with Crippen molar-refractivity contribution in [3.05, 3.63) is 12.2 Å². The lowest BCUT2D eigenvalue weighted by Gasteiger charge is -1.96. The molecule has 0 bridgehead atoms. The summed E-state index contributed by atoms with van der Waals surface area (Å²) in [5, 5.41) is 0. The zero-order chi connectivity index (χ0) is 6.69. The second-order valence-corrected chi connectivity index (χ2v) is 3.41. The number of carbonyl (C=O) groups excluding carboxylic acids is 1. The molecule has 0 aromatic heterocycles. The van der Waals surface area contributed by atoms with Gasteiger partial charge in [0.2, 0.25) is 0 Å². The van der Waals surface area contributed by atoms with E-state index in [1.54, 1.807) is 6.08 Å². The van der Waals surface area contributed by atoms with Gasteiger partial charge in [-0.3, -0.25) is 4.79 Å². The molecule has 0 aromatic carbocycles. The molecule has 0 amide bonds. The van der Waals surface area contributed by atoms with Crippen molar-refractivity contribution in [2.75, 3.05) is 0 Å². The summed E-state index contributed by atoms with van der Waals surface area (Å²) in [6.07, 6.45) is 6.42. The van der Waals surface area contributed by atoms with Gasteiger partial charge in [-0.2, -0.15) is 0 Å². The topological polar surface area (TPSA) is 17.1 Å². The van der Waals surface area contributed by atoms with Crippen LogP contribution in [-0.2, 0) is 4.79 Å². The molecule has 0 aliphatic heterocycles. The number of rotatable bonds is 0. The molecular formula is C7H9BrO. The van der Waals surface area contributed by atoms with Gasteiger partial charge in [-0.25, -0.2) is 0 Å². The molecule has 1 aliphatic rings. The number of alkyl halides is 1. The Balaban J connectivity index is 2.52. The van der Waals surface area contributed by atoms with Crippen molar-refractivity contribution in [1.82, 2.24) is 0 Å². The van der Waals surface area contributed by atoms with E-state index >= 15 is 0 Å². The Morgan fingerprint density at radius 3 is 3.22 bits per heavy atom. The van der Waals surface area contributed by atoms with Crippen LogP contribution in [0.1, 0.15) is 19.3 Å². The molecule has 0 heterocycles. The summed E-state index contributed by atoms with van der Waals surface area (Å²) in [4.78, 5) is 11.1. The molecule has 0 saturated heterocycles. The fraction of sp³-hybridized carbons (Fsp3) is 0.571. The summed E-state index contributed by atoms with van der Waals surface area (Å²) in [5.41, 5.74) is 0. The van der Waals surface area contributed by atoms with Crippen molar-refractivity contribution in [2.45, 2.75) is 24.1 Å². The highest BCUT2D eigenvalue weighted by Crippen LogP contribution is 2.14. The van der Waals surface area contributed by atoms with Gasteiger partial charge >= 0.3 is 0 Å². The van der Waals surface area contributed by atoms with E-state index < -0.39 is 0 Å². The Morgan fingerprint density at radius 2 is 2.44 bits per heavy atom. The quantitative estimate of drug-likeness (QED) is 0.533. The molecule has 0 fully saturated rings. The van der Waals surface area contributed by atoms with E-state index in [0.717, 1.165) is 19.3 Å². The van der Waals surface area contributed by atoms with Gasteiger partial charge < -0.3 is 0 Å². The standard InChI is InChI=1S/C7H9BrO/c8-6-2-1-3-7(9)5-4-6/h4-6H,1-3H2. The lowest BCUT2D eigenvalue weighted by Crippen LogP contribution is -1.89. The van der Waals surface area contributed by atoms with Gasteiger partial charge in [-0.15, -0.1) is 0 Å². The zero-order valence-corrected chi connectivity index (χ0v) is 6.73. The number of carbonyl (C=O) groups is 1. The first kappa shape index (κ1) is 7.00. The Labute approximate surface area is 63.3 Å². The van der Waals surface area contributed by atoms with Crippen molar-refractivity contribution < 1.29 is 4.79 Å². The summed E-state index contributed by atoms with van der Waals surface area (Å²) >= 11 is 3.43. The molecule has 1 nitrogen and oxygen atoms in total. The third-order valence-electron chi connectivity index (χ3n) is 1.39. The van der Waals surface area contributed by atoms with Gasteiger partial charge in [0.25, 0.3) is 0 Å². The lowest BCUT2D eigenvalue weighted by molar-refractivity contribution is -0.114. The third kappa shape index (κ3) is 2.31. The first-order valence-corrected chi connectivity index (χ1v) is 4.06. The van der Waals surface area contributed by atoms with Crippen LogP contribution in [0.25, 0.3) is 0 Å². The van der Waals surface area contributed by atoms with E-state index in [9.17, 15) is 4.79 Å². The van der Waals surface area contributed by atoms with Crippen molar-refractivity contribution in [1.29, 1.82) is 0 Å². The van der Waals surface area contributed by atoms with Gasteiger partial charge in [0.15, 0.2) is 5.78 Å². The molecule has 1 unspecified atom stereocenters. The highest BCUT2D eigenvalue weighted by atomic mass is 79.9. The molecule has 0 N–H and O–H groups in total. The zero-order valence-electron chi connectivity index (χ0n) is 5.14. The van der Waals surface area contributed by atoms with Crippen LogP contribution in [-0.4, -0.2) is 10.6 Å². The minimum atomic E-state index is 0.261. The van der Waals surface area contributed by atoms with E-state index in [1.807, 2.05) is 6.08 Å². The number of allylic oxidation sites excluding steroid dienone is 2. The van der Waals surface area contributed by atoms with Crippen LogP contribution >= 0.6 is 15.9 Å². The lowest BCUT2D eigenvalue weighted by atomic mass is 10.2. The van der Waals surface area contributed by atoms with Crippen LogP contribution in [0.15, 0.2) is 12.2 Å². The molecule has 50 valence electrons. The molecule has 9 heavy (non-hydrogen) atoms. The average Bonchev–Trinajstić information content (AvgIpc) is 1.97. The van der Waals surface area contributed by atoms with Gasteiger partial charge in [-0.05, 0) is 18.9 Å². The van der Waals surface area contributed by atoms with Crippen molar-refractivity contribution in [3.8, 4) is 0 Å². The normalized spacial score (nSPS) is 28.1. The average molecular weight is 189 g/mol. The molecule has 2 heteroatoms. The maximum absolute atomic E-state index is 10.7. The fourth-order valence-electron chi connectivity index (χ4n) is 0.863. The molecule has 0 saturated carbocycles. The number of hydrogen-bond acceptors (Lipinski definition) is 1. The third-order valence-corrected chi connectivity index (χ3v) is 2.16. The largest absolute Gasteiger partial charge is 0.295 e. The van der Waals surface area contributed by atoms with Crippen LogP contribution in [0, 0.1) is 0 Å². The molecule has 0 spiro atoms. The predicted octanol–water partition coefficient (Wildman–Crippen LogP) is 2.06. The van der Waals surface area contributed by atoms with E-state index in [2.05, 4.69) is 15.9 Å². The molecule has 0 aromatic rings. The van der Waals surface area contributed by atoms with Gasteiger partial charge in [0.1, 0.15) is 0 Å². The summed E-state index contributed by atoms with van der Waals surface area (Å²) in [5.74, 6) is 0.261. The first-order valence-electron chi connectivity index (χ1n) is 3.14. The number of halogens is 1. The Hall–Kier alpha value is -0.110. The van der Waals surface area contributed by atoms with E-state index in [-0.39, 0.29) is 5.78 Å². The second-order valence-electron chi connectivity index (χ2n) is 2.23. The highest BCUT2D eigenvalue weighted by Gasteiger charge is 2.06. The van der Waals surface area contributed by atoms with E-state index in [0.29, 0.717) is 4.83 Å². The minimum absolute atomic E-state index is 0.261. The van der Waals surface area contributed by atoms with Gasteiger partial charge in [0.05, 0.1) is 0 Å². The Morgan fingerprint density at radius 1 is 1.67 bits per heavy atom. The maximum atomic E-state index is 10.7. The summed E-state index contributed by atoms with van der Waals surface area (Å²) in [6.45, 7) is 0. The number of hydrogen-bond donors (Lipinski definition) is 0. The first-order chi connectivity index (χ1) is 4.29. The monoisotopic (exact) mass is 188 g/mol. The minimum Gasteiger partial charge on any atom is -0.295 e. The smallest absolute Gasteiger partial charge is 0.155 e. The van der Waals surface area contributed by atoms with Crippen LogP contribution < -0.4 is 0 Å². The Bertz CT molecular complexity index is 140. The highest BCUT2D eigenvalue weighted by molar-refractivity contribution is 9.09. The summed E-state index contributed by atoms with van der Waals surface area (Å²) in [7, 11) is 0. The van der Waals surface area contributed by atoms with Crippen LogP contribution in [0.2, 0.25) is 0 Å². The van der Waals surface area contributed by atoms with Crippen LogP contribution in [0.5, 0.6) is 0 Å². The van der Waals surface area contributed by atoms with E-state index in [1.165, 1.54) is 0 Å². The molecule has 0 radical (unpaired) electrons. The predicted molar refractivity (Wildman–Crippen MR) is 40.7 cm³/mol. The molecular weight excluding hydrogens is 180 g/mol. The van der Waals surface area contributed by atoms with Crippen molar-refractivity contribution >= 4 is 21.7 Å². The summed E-state index contributed by atoms with van der Waals surface area (Å²) in [6, 6.07) is 0. The van der Waals surface area contributed by atoms with E-state index in [4.69, 9.17) is 0 Å². The Kier molecular flexibility index (Phi) is 2.46. The SMILES string of the molecule is O=C1C=CC(Br)CCC1. The fourth-order valence-corrected chi connectivity index (χ4v) is 1.34. The number of ketones is 1. The van der Waals surface area contributed by atoms with Crippen LogP contribution in [0.3, 0.4) is 0 Å². The second kappa shape index (κ2) is 3.16. The van der Waals surface area contributed by atoms with Gasteiger partial charge in [-0.1, -0.05) is 22.0 Å². The maximum Gasteiger partial charge on any atom is 0.155 e.